The van der Waals surface area contributed by atoms with Crippen molar-refractivity contribution in [3.63, 3.8) is 0 Å². The fourth-order valence-corrected chi connectivity index (χ4v) is 9.09. The Kier molecular flexibility index (Phi) is 5.76. The van der Waals surface area contributed by atoms with Gasteiger partial charge in [0, 0.05) is 27.4 Å². The molecule has 0 bridgehead atoms. The van der Waals surface area contributed by atoms with E-state index in [9.17, 15) is 0 Å². The van der Waals surface area contributed by atoms with Gasteiger partial charge in [-0.1, -0.05) is 147 Å². The van der Waals surface area contributed by atoms with Crippen molar-refractivity contribution in [2.45, 2.75) is 19.3 Å². The molecule has 51 heavy (non-hydrogen) atoms. The van der Waals surface area contributed by atoms with Crippen molar-refractivity contribution in [3.8, 4) is 44.5 Å². The fourth-order valence-electron chi connectivity index (χ4n) is 9.09. The van der Waals surface area contributed by atoms with Crippen LogP contribution in [0, 0.1) is 0 Å². The Morgan fingerprint density at radius 1 is 0.431 bits per heavy atom. The maximum atomic E-state index is 6.69. The van der Waals surface area contributed by atoms with Gasteiger partial charge >= 0.3 is 0 Å². The van der Waals surface area contributed by atoms with Crippen molar-refractivity contribution < 1.29 is 4.42 Å². The van der Waals surface area contributed by atoms with E-state index < -0.39 is 0 Å². The molecule has 2 heteroatoms. The maximum Gasteiger partial charge on any atom is 0.159 e. The van der Waals surface area contributed by atoms with Gasteiger partial charge in [-0.3, -0.25) is 0 Å². The van der Waals surface area contributed by atoms with Gasteiger partial charge in [-0.25, -0.2) is 0 Å². The third kappa shape index (κ3) is 3.88. The van der Waals surface area contributed by atoms with Crippen LogP contribution in [0.3, 0.4) is 0 Å². The largest absolute Gasteiger partial charge is 0.454 e. The number of rotatable bonds is 4. The first-order valence-corrected chi connectivity index (χ1v) is 17.8. The maximum absolute atomic E-state index is 6.69. The van der Waals surface area contributed by atoms with Crippen LogP contribution in [-0.4, -0.2) is 0 Å². The molecule has 0 atom stereocenters. The SMILES string of the molecule is CC1(C)c2ccccc2-c2c(N(c3ccc(-c4ccc5c6c(cccc46)-c4ccccc4-5)cc3)c3cccc4c3oc3ccccc34)cccc21. The number of nitrogens with zero attached hydrogens (tertiary/aromatic N) is 1. The summed E-state index contributed by atoms with van der Waals surface area (Å²) < 4.78 is 6.69. The number of furan rings is 1. The van der Waals surface area contributed by atoms with E-state index in [1.807, 2.05) is 6.07 Å². The van der Waals surface area contributed by atoms with E-state index in [1.54, 1.807) is 0 Å². The van der Waals surface area contributed by atoms with Gasteiger partial charge in [0.25, 0.3) is 0 Å². The van der Waals surface area contributed by atoms with Crippen molar-refractivity contribution in [1.82, 2.24) is 0 Å². The molecular weight excluding hydrogens is 619 g/mol. The Labute approximate surface area is 296 Å². The zero-order chi connectivity index (χ0) is 33.8. The number of hydrogen-bond acceptors (Lipinski definition) is 2. The van der Waals surface area contributed by atoms with Gasteiger partial charge in [-0.2, -0.15) is 0 Å². The molecule has 11 rings (SSSR count). The molecule has 8 aromatic carbocycles. The molecule has 2 aliphatic rings. The van der Waals surface area contributed by atoms with Crippen molar-refractivity contribution in [3.05, 3.63) is 175 Å². The van der Waals surface area contributed by atoms with E-state index in [0.717, 1.165) is 39.0 Å². The number of anilines is 3. The number of fused-ring (bicyclic) bond motifs is 9. The standard InChI is InChI=1S/C49H33NO/c1-49(2)41-19-7-5-15-40(41)47-42(49)20-11-21-43(47)50(44-22-10-18-39-35-14-6-8-23-45(35)51-48(39)44)31-26-24-30(25-27-31)32-28-29-38-34-13-4-3-12-33(34)37-17-9-16-36(32)46(37)38/h3-29H,1-2H3. The molecule has 1 aromatic heterocycles. The first-order valence-electron chi connectivity index (χ1n) is 17.8. The zero-order valence-electron chi connectivity index (χ0n) is 28.4. The fraction of sp³-hybridized carbons (Fsp3) is 0.0612. The average molecular weight is 652 g/mol. The van der Waals surface area contributed by atoms with Crippen LogP contribution >= 0.6 is 0 Å². The quantitative estimate of drug-likeness (QED) is 0.188. The lowest BCUT2D eigenvalue weighted by Gasteiger charge is -2.29. The van der Waals surface area contributed by atoms with Crippen molar-refractivity contribution in [1.29, 1.82) is 0 Å². The van der Waals surface area contributed by atoms with E-state index in [1.165, 1.54) is 66.4 Å². The molecule has 0 radical (unpaired) electrons. The monoisotopic (exact) mass is 651 g/mol. The molecule has 2 aliphatic carbocycles. The number of para-hydroxylation sites is 2. The van der Waals surface area contributed by atoms with Crippen LogP contribution in [0.2, 0.25) is 0 Å². The molecule has 1 heterocycles. The molecule has 0 amide bonds. The summed E-state index contributed by atoms with van der Waals surface area (Å²) in [5.41, 5.74) is 17.9. The van der Waals surface area contributed by atoms with Crippen LogP contribution in [0.1, 0.15) is 25.0 Å². The normalized spacial score (nSPS) is 13.5. The highest BCUT2D eigenvalue weighted by Gasteiger charge is 2.38. The van der Waals surface area contributed by atoms with E-state index in [0.29, 0.717) is 0 Å². The molecule has 240 valence electrons. The van der Waals surface area contributed by atoms with Gasteiger partial charge in [0.2, 0.25) is 0 Å². The van der Waals surface area contributed by atoms with Gasteiger partial charge in [-0.05, 0) is 91.2 Å². The van der Waals surface area contributed by atoms with Crippen LogP contribution in [0.25, 0.3) is 77.2 Å². The summed E-state index contributed by atoms with van der Waals surface area (Å²) in [4.78, 5) is 2.41. The highest BCUT2D eigenvalue weighted by Crippen LogP contribution is 2.55. The highest BCUT2D eigenvalue weighted by atomic mass is 16.3. The smallest absolute Gasteiger partial charge is 0.159 e. The first kappa shape index (κ1) is 28.5. The van der Waals surface area contributed by atoms with Crippen molar-refractivity contribution in [2.24, 2.45) is 0 Å². The second-order valence-electron chi connectivity index (χ2n) is 14.4. The lowest BCUT2D eigenvalue weighted by molar-refractivity contribution is 0.660. The topological polar surface area (TPSA) is 16.4 Å². The minimum atomic E-state index is -0.113. The Morgan fingerprint density at radius 2 is 1.02 bits per heavy atom. The Morgan fingerprint density at radius 3 is 1.86 bits per heavy atom. The summed E-state index contributed by atoms with van der Waals surface area (Å²) in [6.07, 6.45) is 0. The predicted octanol–water partition coefficient (Wildman–Crippen LogP) is 13.8. The molecule has 0 saturated heterocycles. The van der Waals surface area contributed by atoms with Crippen LogP contribution in [0.4, 0.5) is 17.1 Å². The van der Waals surface area contributed by atoms with Crippen molar-refractivity contribution >= 4 is 49.8 Å². The van der Waals surface area contributed by atoms with E-state index >= 15 is 0 Å². The number of hydrogen-bond donors (Lipinski definition) is 0. The second kappa shape index (κ2) is 10.3. The summed E-state index contributed by atoms with van der Waals surface area (Å²) in [6, 6.07) is 59.8. The molecule has 0 unspecified atom stereocenters. The summed E-state index contributed by atoms with van der Waals surface area (Å²) >= 11 is 0. The molecule has 0 aliphatic heterocycles. The van der Waals surface area contributed by atoms with Gasteiger partial charge in [-0.15, -0.1) is 0 Å². The second-order valence-corrected chi connectivity index (χ2v) is 14.4. The molecule has 0 N–H and O–H groups in total. The predicted molar refractivity (Wildman–Crippen MR) is 213 cm³/mol. The van der Waals surface area contributed by atoms with Crippen molar-refractivity contribution in [2.75, 3.05) is 4.90 Å². The van der Waals surface area contributed by atoms with Gasteiger partial charge in [0.15, 0.2) is 5.58 Å². The van der Waals surface area contributed by atoms with Crippen LogP contribution in [0.5, 0.6) is 0 Å². The minimum Gasteiger partial charge on any atom is -0.454 e. The van der Waals surface area contributed by atoms with Crippen LogP contribution in [-0.2, 0) is 5.41 Å². The Hall–Kier alpha value is -6.38. The lowest BCUT2D eigenvalue weighted by Crippen LogP contribution is -2.16. The summed E-state index contributed by atoms with van der Waals surface area (Å²) in [5, 5.41) is 4.88. The first-order chi connectivity index (χ1) is 25.1. The molecule has 9 aromatic rings. The van der Waals surface area contributed by atoms with Gasteiger partial charge < -0.3 is 9.32 Å². The van der Waals surface area contributed by atoms with E-state index in [4.69, 9.17) is 4.42 Å². The number of benzene rings is 8. The highest BCUT2D eigenvalue weighted by molar-refractivity contribution is 6.19. The van der Waals surface area contributed by atoms with E-state index in [2.05, 4.69) is 176 Å². The summed E-state index contributed by atoms with van der Waals surface area (Å²) in [7, 11) is 0. The minimum absolute atomic E-state index is 0.113. The molecular formula is C49H33NO. The third-order valence-electron chi connectivity index (χ3n) is 11.4. The molecule has 0 spiro atoms. The van der Waals surface area contributed by atoms with Gasteiger partial charge in [0.05, 0.1) is 11.4 Å². The Balaban J connectivity index is 1.13. The van der Waals surface area contributed by atoms with Gasteiger partial charge in [0.1, 0.15) is 5.58 Å². The van der Waals surface area contributed by atoms with E-state index in [-0.39, 0.29) is 5.41 Å². The molecule has 2 nitrogen and oxygen atoms in total. The lowest BCUT2D eigenvalue weighted by atomic mass is 9.82. The van der Waals surface area contributed by atoms with Crippen LogP contribution in [0.15, 0.2) is 168 Å². The Bertz CT molecular complexity index is 2860. The molecule has 0 fully saturated rings. The average Bonchev–Trinajstić information content (AvgIpc) is 3.80. The summed E-state index contributed by atoms with van der Waals surface area (Å²) in [6.45, 7) is 4.69. The van der Waals surface area contributed by atoms with Crippen LogP contribution < -0.4 is 4.90 Å². The summed E-state index contributed by atoms with van der Waals surface area (Å²) in [5.74, 6) is 0. The molecule has 0 saturated carbocycles. The third-order valence-corrected chi connectivity index (χ3v) is 11.4. The zero-order valence-corrected chi connectivity index (χ0v) is 28.4.